The maximum atomic E-state index is 9.67. The van der Waals surface area contributed by atoms with Crippen LogP contribution in [0.25, 0.3) is 5.01 Å². The molecule has 11 heavy (non-hydrogen) atoms. The third kappa shape index (κ3) is 5.47. The van der Waals surface area contributed by atoms with Crippen molar-refractivity contribution in [2.75, 3.05) is 0 Å². The van der Waals surface area contributed by atoms with Crippen LogP contribution in [0.4, 0.5) is 0 Å². The van der Waals surface area contributed by atoms with Gasteiger partial charge in [0.15, 0.2) is 0 Å². The molecule has 0 aromatic heterocycles. The Hall–Kier alpha value is -0.970. The highest BCUT2D eigenvalue weighted by molar-refractivity contribution is 4.90. The Morgan fingerprint density at radius 2 is 2.27 bits per heavy atom. The van der Waals surface area contributed by atoms with Gasteiger partial charge in [-0.3, -0.25) is 0 Å². The van der Waals surface area contributed by atoms with E-state index < -0.39 is 0 Å². The summed E-state index contributed by atoms with van der Waals surface area (Å²) in [6, 6.07) is 2.40. The van der Waals surface area contributed by atoms with Gasteiger partial charge in [0.25, 0.3) is 6.07 Å². The minimum atomic E-state index is 0.222. The number of nitrogens with zero attached hydrogens (tertiary/aromatic N) is 1. The van der Waals surface area contributed by atoms with E-state index in [2.05, 4.69) is 31.5 Å². The highest BCUT2D eigenvalue weighted by Gasteiger charge is 2.15. The van der Waals surface area contributed by atoms with Gasteiger partial charge in [0, 0.05) is 5.01 Å². The maximum Gasteiger partial charge on any atom is 0.298 e. The van der Waals surface area contributed by atoms with Crippen molar-refractivity contribution in [1.29, 1.82) is 0 Å². The standard InChI is InChI=1S/C9H15NO/c1-4-6-9(2,3)7-5-8-10-11/h4H,1,5-7H2,2-3H3. The minimum Gasteiger partial charge on any atom is -0.498 e. The molecule has 0 atom stereocenters. The lowest BCUT2D eigenvalue weighted by molar-refractivity contribution is 0.345. The summed E-state index contributed by atoms with van der Waals surface area (Å²) in [5.41, 5.74) is 0.222. The zero-order valence-electron chi connectivity index (χ0n) is 7.26. The van der Waals surface area contributed by atoms with Crippen molar-refractivity contribution in [2.24, 2.45) is 5.41 Å². The molecule has 0 unspecified atom stereocenters. The van der Waals surface area contributed by atoms with Crippen molar-refractivity contribution in [3.63, 3.8) is 0 Å². The van der Waals surface area contributed by atoms with Crippen LogP contribution in [0.5, 0.6) is 0 Å². The molecule has 0 aliphatic carbocycles. The lowest BCUT2D eigenvalue weighted by Crippen LogP contribution is -2.08. The Labute approximate surface area is 68.3 Å². The second-order valence-corrected chi connectivity index (χ2v) is 3.41. The van der Waals surface area contributed by atoms with Gasteiger partial charge in [0.05, 0.1) is 6.42 Å². The molecule has 62 valence electrons. The second-order valence-electron chi connectivity index (χ2n) is 3.41. The highest BCUT2D eigenvalue weighted by Crippen LogP contribution is 2.26. The van der Waals surface area contributed by atoms with Gasteiger partial charge in [0.1, 0.15) is 0 Å². The molecule has 0 rings (SSSR count). The number of hydrogen-bond acceptors (Lipinski definition) is 1. The van der Waals surface area contributed by atoms with Crippen molar-refractivity contribution in [3.8, 4) is 6.07 Å². The first-order valence-corrected chi connectivity index (χ1v) is 3.78. The Morgan fingerprint density at radius 3 is 2.73 bits per heavy atom. The molecule has 0 amide bonds. The molecule has 0 aromatic rings. The first kappa shape index (κ1) is 10.0. The summed E-state index contributed by atoms with van der Waals surface area (Å²) in [6.07, 6.45) is 4.44. The molecule has 0 saturated heterocycles. The Bertz CT molecular complexity index is 174. The fourth-order valence-corrected chi connectivity index (χ4v) is 0.933. The number of allylic oxidation sites excluding steroid dienone is 1. The predicted molar refractivity (Wildman–Crippen MR) is 48.4 cm³/mol. The molecule has 0 heterocycles. The second kappa shape index (κ2) is 4.79. The van der Waals surface area contributed by atoms with Crippen LogP contribution in [0.15, 0.2) is 12.7 Å². The molecule has 0 spiro atoms. The normalized spacial score (nSPS) is 10.0. The summed E-state index contributed by atoms with van der Waals surface area (Å²) in [7, 11) is 0. The van der Waals surface area contributed by atoms with Gasteiger partial charge in [-0.25, -0.2) is 0 Å². The molecule has 0 saturated carbocycles. The highest BCUT2D eigenvalue weighted by atomic mass is 16.4. The van der Waals surface area contributed by atoms with Gasteiger partial charge in [-0.15, -0.1) is 6.58 Å². The predicted octanol–water partition coefficient (Wildman–Crippen LogP) is 3.20. The van der Waals surface area contributed by atoms with E-state index in [1.54, 1.807) is 0 Å². The van der Waals surface area contributed by atoms with Gasteiger partial charge >= 0.3 is 0 Å². The summed E-state index contributed by atoms with van der Waals surface area (Å²) in [4.78, 5) is 0. The Balaban J connectivity index is 3.68. The van der Waals surface area contributed by atoms with Crippen LogP contribution in [-0.2, 0) is 0 Å². The van der Waals surface area contributed by atoms with E-state index in [1.165, 1.54) is 0 Å². The van der Waals surface area contributed by atoms with Gasteiger partial charge < -0.3 is 5.21 Å². The largest absolute Gasteiger partial charge is 0.498 e. The van der Waals surface area contributed by atoms with E-state index in [-0.39, 0.29) is 5.41 Å². The summed E-state index contributed by atoms with van der Waals surface area (Å²) in [5.74, 6) is 0. The van der Waals surface area contributed by atoms with Gasteiger partial charge in [-0.2, -0.15) is 0 Å². The molecule has 0 aliphatic rings. The molecule has 0 radical (unpaired) electrons. The molecule has 2 heteroatoms. The topological polar surface area (TPSA) is 27.4 Å². The molecule has 0 fully saturated rings. The van der Waals surface area contributed by atoms with Crippen LogP contribution in [0.1, 0.15) is 33.1 Å². The van der Waals surface area contributed by atoms with Crippen LogP contribution in [0.3, 0.4) is 0 Å². The molecule has 0 aromatic carbocycles. The number of hydrogen-bond donors (Lipinski definition) is 0. The smallest absolute Gasteiger partial charge is 0.298 e. The molecule has 0 aliphatic heterocycles. The third-order valence-corrected chi connectivity index (χ3v) is 1.68. The van der Waals surface area contributed by atoms with Gasteiger partial charge in [-0.1, -0.05) is 19.9 Å². The van der Waals surface area contributed by atoms with Gasteiger partial charge in [-0.05, 0) is 18.3 Å². The summed E-state index contributed by atoms with van der Waals surface area (Å²) in [6.45, 7) is 7.95. The van der Waals surface area contributed by atoms with Crippen LogP contribution in [0.2, 0.25) is 0 Å². The molecule has 0 N–H and O–H groups in total. The van der Waals surface area contributed by atoms with Crippen molar-refractivity contribution >= 4 is 0 Å². The Morgan fingerprint density at radius 1 is 1.64 bits per heavy atom. The average molecular weight is 153 g/mol. The number of rotatable bonds is 4. The van der Waals surface area contributed by atoms with E-state index >= 15 is 0 Å². The van der Waals surface area contributed by atoms with Crippen LogP contribution >= 0.6 is 0 Å². The minimum absolute atomic E-state index is 0.222. The van der Waals surface area contributed by atoms with E-state index in [9.17, 15) is 5.21 Å². The molecular formula is C9H15NO. The van der Waals surface area contributed by atoms with Crippen LogP contribution in [-0.4, -0.2) is 0 Å². The van der Waals surface area contributed by atoms with E-state index in [0.29, 0.717) is 6.42 Å². The molecule has 0 bridgehead atoms. The van der Waals surface area contributed by atoms with E-state index in [1.807, 2.05) is 6.08 Å². The summed E-state index contributed by atoms with van der Waals surface area (Å²) < 4.78 is 0. The van der Waals surface area contributed by atoms with E-state index in [0.717, 1.165) is 12.8 Å². The molecular weight excluding hydrogens is 138 g/mol. The Kier molecular flexibility index (Phi) is 4.36. The van der Waals surface area contributed by atoms with Crippen molar-refractivity contribution in [2.45, 2.75) is 33.1 Å². The maximum absolute atomic E-state index is 9.67. The lowest BCUT2D eigenvalue weighted by Gasteiger charge is -2.19. The third-order valence-electron chi connectivity index (χ3n) is 1.68. The SMILES string of the molecule is C=CCC(C)(C)CCC#[N+][O-]. The fraction of sp³-hybridized carbons (Fsp3) is 0.667. The monoisotopic (exact) mass is 153 g/mol. The van der Waals surface area contributed by atoms with E-state index in [4.69, 9.17) is 0 Å². The molecule has 2 nitrogen and oxygen atoms in total. The summed E-state index contributed by atoms with van der Waals surface area (Å²) >= 11 is 0. The first-order chi connectivity index (χ1) is 5.12. The zero-order chi connectivity index (χ0) is 8.74. The summed E-state index contributed by atoms with van der Waals surface area (Å²) in [5, 5.41) is 12.2. The average Bonchev–Trinajstić information content (AvgIpc) is 1.87. The van der Waals surface area contributed by atoms with Crippen LogP contribution < -0.4 is 0 Å². The van der Waals surface area contributed by atoms with Crippen LogP contribution in [0, 0.1) is 16.7 Å². The van der Waals surface area contributed by atoms with Crippen molar-refractivity contribution in [1.82, 2.24) is 0 Å². The fourth-order valence-electron chi connectivity index (χ4n) is 0.933. The van der Waals surface area contributed by atoms with Crippen molar-refractivity contribution in [3.05, 3.63) is 22.9 Å². The quantitative estimate of drug-likeness (QED) is 0.450. The first-order valence-electron chi connectivity index (χ1n) is 3.78. The van der Waals surface area contributed by atoms with Crippen molar-refractivity contribution < 1.29 is 0 Å². The zero-order valence-corrected chi connectivity index (χ0v) is 7.26. The van der Waals surface area contributed by atoms with Gasteiger partial charge in [0.2, 0.25) is 0 Å². The lowest BCUT2D eigenvalue weighted by atomic mass is 9.85.